The molecule has 0 amide bonds. The van der Waals surface area contributed by atoms with Gasteiger partial charge in [-0.05, 0) is 42.0 Å². The summed E-state index contributed by atoms with van der Waals surface area (Å²) in [5.74, 6) is 0. The molecular formula is C20H20BrN3O2S. The molecule has 7 heteroatoms. The van der Waals surface area contributed by atoms with Crippen molar-refractivity contribution in [2.75, 3.05) is 19.6 Å². The van der Waals surface area contributed by atoms with Crippen LogP contribution in [0.4, 0.5) is 0 Å². The van der Waals surface area contributed by atoms with E-state index in [4.69, 9.17) is 0 Å². The van der Waals surface area contributed by atoms with Crippen LogP contribution in [0.1, 0.15) is 5.56 Å². The van der Waals surface area contributed by atoms with Gasteiger partial charge in [0.1, 0.15) is 0 Å². The van der Waals surface area contributed by atoms with Crippen LogP contribution in [0.5, 0.6) is 0 Å². The lowest BCUT2D eigenvalue weighted by atomic mass is 10.2. The molecule has 0 saturated heterocycles. The van der Waals surface area contributed by atoms with Gasteiger partial charge >= 0.3 is 0 Å². The quantitative estimate of drug-likeness (QED) is 0.519. The first kappa shape index (κ1) is 19.7. The van der Waals surface area contributed by atoms with Crippen LogP contribution < -0.4 is 10.0 Å². The van der Waals surface area contributed by atoms with Crippen LogP contribution in [0.15, 0.2) is 76.2 Å². The van der Waals surface area contributed by atoms with Crippen molar-refractivity contribution in [1.29, 1.82) is 0 Å². The average Bonchev–Trinajstić information content (AvgIpc) is 2.68. The molecule has 0 aliphatic rings. The van der Waals surface area contributed by atoms with Gasteiger partial charge in [0.15, 0.2) is 0 Å². The fourth-order valence-corrected chi connectivity index (χ4v) is 4.13. The molecule has 3 rings (SSSR count). The zero-order valence-electron chi connectivity index (χ0n) is 14.6. The third-order valence-electron chi connectivity index (χ3n) is 3.93. The topological polar surface area (TPSA) is 71.1 Å². The van der Waals surface area contributed by atoms with Crippen LogP contribution in [0, 0.1) is 0 Å². The molecule has 0 aliphatic carbocycles. The van der Waals surface area contributed by atoms with Gasteiger partial charge < -0.3 is 5.32 Å². The first-order valence-corrected chi connectivity index (χ1v) is 10.8. The zero-order valence-corrected chi connectivity index (χ0v) is 17.0. The summed E-state index contributed by atoms with van der Waals surface area (Å²) >= 11 is 3.41. The highest BCUT2D eigenvalue weighted by Crippen LogP contribution is 2.20. The van der Waals surface area contributed by atoms with E-state index in [-0.39, 0.29) is 4.90 Å². The number of rotatable bonds is 8. The summed E-state index contributed by atoms with van der Waals surface area (Å²) in [6.45, 7) is 1.51. The van der Waals surface area contributed by atoms with E-state index in [0.717, 1.165) is 10.0 Å². The van der Waals surface area contributed by atoms with Crippen molar-refractivity contribution < 1.29 is 8.42 Å². The second kappa shape index (κ2) is 9.23. The Labute approximate surface area is 167 Å². The van der Waals surface area contributed by atoms with Crippen LogP contribution in [0.25, 0.3) is 17.0 Å². The van der Waals surface area contributed by atoms with Crippen molar-refractivity contribution in [3.63, 3.8) is 0 Å². The highest BCUT2D eigenvalue weighted by atomic mass is 79.9. The highest BCUT2D eigenvalue weighted by Gasteiger charge is 2.16. The number of nitrogens with zero attached hydrogens (tertiary/aromatic N) is 1. The maximum absolute atomic E-state index is 12.6. The fourth-order valence-electron chi connectivity index (χ4n) is 2.62. The highest BCUT2D eigenvalue weighted by molar-refractivity contribution is 9.10. The Morgan fingerprint density at radius 2 is 1.81 bits per heavy atom. The maximum atomic E-state index is 12.6. The molecule has 3 aromatic rings. The molecule has 0 radical (unpaired) electrons. The van der Waals surface area contributed by atoms with Crippen molar-refractivity contribution in [2.45, 2.75) is 4.90 Å². The molecule has 2 aromatic carbocycles. The summed E-state index contributed by atoms with van der Waals surface area (Å²) in [5, 5.41) is 3.82. The first-order chi connectivity index (χ1) is 13.1. The first-order valence-electron chi connectivity index (χ1n) is 8.52. The number of pyridine rings is 1. The maximum Gasteiger partial charge on any atom is 0.241 e. The summed E-state index contributed by atoms with van der Waals surface area (Å²) in [7, 11) is -3.58. The molecule has 0 spiro atoms. The van der Waals surface area contributed by atoms with E-state index < -0.39 is 10.0 Å². The van der Waals surface area contributed by atoms with Gasteiger partial charge in [-0.1, -0.05) is 46.3 Å². The van der Waals surface area contributed by atoms with Crippen molar-refractivity contribution in [3.8, 4) is 0 Å². The van der Waals surface area contributed by atoms with Gasteiger partial charge in [-0.25, -0.2) is 13.1 Å². The minimum Gasteiger partial charge on any atom is -0.312 e. The third kappa shape index (κ3) is 5.46. The van der Waals surface area contributed by atoms with Gasteiger partial charge in [0.25, 0.3) is 0 Å². The van der Waals surface area contributed by atoms with E-state index in [1.165, 1.54) is 0 Å². The number of aromatic nitrogens is 1. The van der Waals surface area contributed by atoms with E-state index in [9.17, 15) is 8.42 Å². The van der Waals surface area contributed by atoms with Gasteiger partial charge in [-0.2, -0.15) is 0 Å². The molecule has 0 unspecified atom stereocenters. The van der Waals surface area contributed by atoms with Crippen LogP contribution in [0.2, 0.25) is 0 Å². The lowest BCUT2D eigenvalue weighted by Crippen LogP contribution is -2.32. The predicted molar refractivity (Wildman–Crippen MR) is 113 cm³/mol. The van der Waals surface area contributed by atoms with Crippen LogP contribution in [0.3, 0.4) is 0 Å². The Morgan fingerprint density at radius 3 is 2.63 bits per heavy atom. The molecule has 27 heavy (non-hydrogen) atoms. The summed E-state index contributed by atoms with van der Waals surface area (Å²) in [6, 6.07) is 16.6. The molecule has 1 heterocycles. The number of halogens is 1. The summed E-state index contributed by atoms with van der Waals surface area (Å²) in [5.41, 5.74) is 1.78. The Hall–Kier alpha value is -2.06. The van der Waals surface area contributed by atoms with Crippen molar-refractivity contribution in [3.05, 3.63) is 76.9 Å². The largest absolute Gasteiger partial charge is 0.312 e. The molecule has 0 aliphatic heterocycles. The van der Waals surface area contributed by atoms with Crippen molar-refractivity contribution >= 4 is 42.9 Å². The number of nitrogens with one attached hydrogen (secondary N) is 2. The molecule has 0 bridgehead atoms. The zero-order chi connectivity index (χ0) is 19.1. The van der Waals surface area contributed by atoms with Gasteiger partial charge in [-0.15, -0.1) is 0 Å². The second-order valence-electron chi connectivity index (χ2n) is 5.88. The van der Waals surface area contributed by atoms with E-state index in [1.54, 1.807) is 36.5 Å². The minimum atomic E-state index is -3.58. The van der Waals surface area contributed by atoms with Crippen LogP contribution >= 0.6 is 15.9 Å². The van der Waals surface area contributed by atoms with Gasteiger partial charge in [0.05, 0.1) is 10.4 Å². The van der Waals surface area contributed by atoms with E-state index in [0.29, 0.717) is 30.5 Å². The second-order valence-corrected chi connectivity index (χ2v) is 8.53. The lowest BCUT2D eigenvalue weighted by Gasteiger charge is -2.09. The number of benzene rings is 2. The number of hydrogen-bond acceptors (Lipinski definition) is 4. The molecule has 1 aromatic heterocycles. The minimum absolute atomic E-state index is 0.253. The number of hydrogen-bond donors (Lipinski definition) is 2. The smallest absolute Gasteiger partial charge is 0.241 e. The van der Waals surface area contributed by atoms with E-state index in [1.807, 2.05) is 36.4 Å². The Morgan fingerprint density at radius 1 is 1.00 bits per heavy atom. The Kier molecular flexibility index (Phi) is 6.73. The molecular weight excluding hydrogens is 426 g/mol. The Bertz CT molecular complexity index is 1030. The fraction of sp³-hybridized carbons (Fsp3) is 0.150. The van der Waals surface area contributed by atoms with E-state index in [2.05, 4.69) is 31.0 Å². The molecule has 0 atom stereocenters. The van der Waals surface area contributed by atoms with Gasteiger partial charge in [-0.3, -0.25) is 4.98 Å². The molecule has 2 N–H and O–H groups in total. The summed E-state index contributed by atoms with van der Waals surface area (Å²) < 4.78 is 28.8. The predicted octanol–water partition coefficient (Wildman–Crippen LogP) is 3.58. The lowest BCUT2D eigenvalue weighted by molar-refractivity contribution is 0.579. The number of fused-ring (bicyclic) bond motifs is 1. The molecule has 0 saturated carbocycles. The standard InChI is InChI=1S/C20H20BrN3O2S/c21-17-10-8-16(9-11-17)4-2-12-22-14-15-24-27(25,26)20-7-1-6-19-18(20)5-3-13-23-19/h1-11,13,22,24H,12,14-15H2/b4-2+. The summed E-state index contributed by atoms with van der Waals surface area (Å²) in [4.78, 5) is 4.45. The van der Waals surface area contributed by atoms with Crippen molar-refractivity contribution in [1.82, 2.24) is 15.0 Å². The van der Waals surface area contributed by atoms with Gasteiger partial charge in [0, 0.05) is 35.7 Å². The molecule has 5 nitrogen and oxygen atoms in total. The molecule has 0 fully saturated rings. The van der Waals surface area contributed by atoms with Crippen molar-refractivity contribution in [2.24, 2.45) is 0 Å². The van der Waals surface area contributed by atoms with E-state index >= 15 is 0 Å². The van der Waals surface area contributed by atoms with Crippen LogP contribution in [-0.2, 0) is 10.0 Å². The third-order valence-corrected chi connectivity index (χ3v) is 5.98. The van der Waals surface area contributed by atoms with Crippen LogP contribution in [-0.4, -0.2) is 33.0 Å². The monoisotopic (exact) mass is 445 g/mol. The molecule has 140 valence electrons. The normalized spacial score (nSPS) is 12.0. The average molecular weight is 446 g/mol. The summed E-state index contributed by atoms with van der Waals surface area (Å²) in [6.07, 6.45) is 5.68. The SMILES string of the molecule is O=S(=O)(NCCNC/C=C/c1ccc(Br)cc1)c1cccc2ncccc12. The Balaban J connectivity index is 1.49. The number of sulfonamides is 1. The van der Waals surface area contributed by atoms with Gasteiger partial charge in [0.2, 0.25) is 10.0 Å².